The fraction of sp³-hybridized carbons (Fsp3) is 0.346. The largest absolute Gasteiger partial charge is 0.452 e. The first-order valence-corrected chi connectivity index (χ1v) is 14.2. The Kier molecular flexibility index (Phi) is 9.43. The van der Waals surface area contributed by atoms with E-state index >= 15 is 0 Å². The number of esters is 2. The van der Waals surface area contributed by atoms with Gasteiger partial charge >= 0.3 is 19.5 Å². The summed E-state index contributed by atoms with van der Waals surface area (Å²) < 4.78 is 43.3. The van der Waals surface area contributed by atoms with Crippen LogP contribution < -0.4 is 5.73 Å². The lowest BCUT2D eigenvalue weighted by Crippen LogP contribution is -2.41. The summed E-state index contributed by atoms with van der Waals surface area (Å²) in [5.74, 6) is -2.68. The summed E-state index contributed by atoms with van der Waals surface area (Å²) in [4.78, 5) is 41.8. The second kappa shape index (κ2) is 13.0. The van der Waals surface area contributed by atoms with Gasteiger partial charge in [0.2, 0.25) is 5.82 Å². The lowest BCUT2D eigenvalue weighted by Gasteiger charge is -2.26. The zero-order valence-corrected chi connectivity index (χ0v) is 22.7. The number of carbonyl (C=O) groups is 3. The van der Waals surface area contributed by atoms with Crippen molar-refractivity contribution < 1.29 is 42.2 Å². The summed E-state index contributed by atoms with van der Waals surface area (Å²) in [6.07, 6.45) is -4.17. The number of amides is 1. The van der Waals surface area contributed by atoms with Gasteiger partial charge in [-0.2, -0.15) is 0 Å². The number of nitrogens with two attached hydrogens (primary N) is 1. The molecule has 0 radical (unpaired) electrons. The quantitative estimate of drug-likeness (QED) is 0.250. The van der Waals surface area contributed by atoms with Crippen LogP contribution in [0.3, 0.4) is 0 Å². The molecule has 1 saturated heterocycles. The van der Waals surface area contributed by atoms with E-state index in [4.69, 9.17) is 29.0 Å². The number of ether oxygens (including phenoxy) is 3. The van der Waals surface area contributed by atoms with Gasteiger partial charge < -0.3 is 29.0 Å². The van der Waals surface area contributed by atoms with Crippen LogP contribution in [0.5, 0.6) is 0 Å². The van der Waals surface area contributed by atoms with Crippen LogP contribution in [0.15, 0.2) is 67.0 Å². The molecule has 2 aromatic carbocycles. The number of nitrogens with zero attached hydrogens (tertiary/aromatic N) is 3. The molecule has 3 aromatic rings. The lowest BCUT2D eigenvalue weighted by atomic mass is 10.1. The number of hydrogen-bond donors (Lipinski definition) is 1. The zero-order chi connectivity index (χ0) is 28.7. The van der Waals surface area contributed by atoms with Crippen LogP contribution in [0.2, 0.25) is 0 Å². The van der Waals surface area contributed by atoms with Crippen LogP contribution in [0, 0.1) is 0 Å². The van der Waals surface area contributed by atoms with E-state index < -0.39 is 50.0 Å². The van der Waals surface area contributed by atoms with E-state index in [-0.39, 0.29) is 36.3 Å². The zero-order valence-electron chi connectivity index (χ0n) is 21.8. The van der Waals surface area contributed by atoms with Crippen molar-refractivity contribution in [2.24, 2.45) is 5.73 Å². The molecule has 1 aliphatic heterocycles. The van der Waals surface area contributed by atoms with Gasteiger partial charge in [0.1, 0.15) is 12.4 Å². The average Bonchev–Trinajstić information content (AvgIpc) is 3.56. The van der Waals surface area contributed by atoms with Gasteiger partial charge in [0.25, 0.3) is 5.91 Å². The number of carbonyl (C=O) groups excluding carboxylic acids is 3. The van der Waals surface area contributed by atoms with Crippen LogP contribution in [-0.4, -0.2) is 70.3 Å². The molecule has 212 valence electrons. The Bertz CT molecular complexity index is 1360. The molecule has 2 heterocycles. The third kappa shape index (κ3) is 6.80. The first-order valence-electron chi connectivity index (χ1n) is 12.5. The topological polar surface area (TPSA) is 171 Å². The Morgan fingerprint density at radius 2 is 1.43 bits per heavy atom. The van der Waals surface area contributed by atoms with Crippen molar-refractivity contribution in [2.75, 3.05) is 19.4 Å². The molecule has 4 rings (SSSR count). The molecule has 0 aliphatic carbocycles. The van der Waals surface area contributed by atoms with Crippen LogP contribution >= 0.6 is 7.60 Å². The molecule has 2 N–H and O–H groups in total. The van der Waals surface area contributed by atoms with E-state index in [9.17, 15) is 18.9 Å². The standard InChI is InChI=1S/C26H29N4O9P/c1-3-35-40(34,36-4-2)15-19-20(38-25(32)17-11-7-5-8-12-17)21(39-26(33)18-13-9-6-10-14-18)24(37-19)30-16-28-23(29-30)22(27)31/h5-14,16,19-21,24H,3-4,15H2,1-2H3,(H2,27,31)/t19-,20-,21?,24-/m1/s1. The second-order valence-electron chi connectivity index (χ2n) is 8.58. The second-order valence-corrected chi connectivity index (χ2v) is 10.7. The summed E-state index contributed by atoms with van der Waals surface area (Å²) in [5.41, 5.74) is 5.76. The maximum Gasteiger partial charge on any atom is 0.338 e. The number of hydrogen-bond acceptors (Lipinski definition) is 11. The first kappa shape index (κ1) is 29.1. The molecular weight excluding hydrogens is 543 g/mol. The van der Waals surface area contributed by atoms with Crippen molar-refractivity contribution in [3.8, 4) is 0 Å². The Hall–Kier alpha value is -3.90. The van der Waals surface area contributed by atoms with E-state index in [0.717, 1.165) is 11.0 Å². The molecule has 1 amide bonds. The van der Waals surface area contributed by atoms with Crippen LogP contribution in [-0.2, 0) is 27.8 Å². The summed E-state index contributed by atoms with van der Waals surface area (Å²) >= 11 is 0. The molecule has 0 saturated carbocycles. The van der Waals surface area contributed by atoms with Crippen molar-refractivity contribution in [3.63, 3.8) is 0 Å². The van der Waals surface area contributed by atoms with Gasteiger partial charge in [0.15, 0.2) is 18.4 Å². The van der Waals surface area contributed by atoms with E-state index in [1.54, 1.807) is 74.5 Å². The number of rotatable bonds is 12. The van der Waals surface area contributed by atoms with Crippen molar-refractivity contribution >= 4 is 25.4 Å². The molecule has 14 heteroatoms. The Balaban J connectivity index is 1.74. The highest BCUT2D eigenvalue weighted by Crippen LogP contribution is 2.51. The van der Waals surface area contributed by atoms with Crippen molar-refractivity contribution in [1.29, 1.82) is 0 Å². The maximum absolute atomic E-state index is 13.5. The highest BCUT2D eigenvalue weighted by Gasteiger charge is 2.53. The van der Waals surface area contributed by atoms with Crippen molar-refractivity contribution in [3.05, 3.63) is 83.9 Å². The summed E-state index contributed by atoms with van der Waals surface area (Å²) in [5, 5.41) is 4.04. The highest BCUT2D eigenvalue weighted by atomic mass is 31.2. The van der Waals surface area contributed by atoms with Crippen molar-refractivity contribution in [2.45, 2.75) is 38.4 Å². The van der Waals surface area contributed by atoms with Crippen molar-refractivity contribution in [1.82, 2.24) is 14.8 Å². The normalized spacial score (nSPS) is 20.6. The van der Waals surface area contributed by atoms with E-state index in [1.807, 2.05) is 0 Å². The fourth-order valence-electron chi connectivity index (χ4n) is 4.13. The summed E-state index contributed by atoms with van der Waals surface area (Å²) in [6.45, 7) is 3.48. The van der Waals surface area contributed by atoms with E-state index in [1.165, 1.54) is 0 Å². The summed E-state index contributed by atoms with van der Waals surface area (Å²) in [7, 11) is -3.74. The molecule has 0 spiro atoms. The highest BCUT2D eigenvalue weighted by molar-refractivity contribution is 7.53. The Morgan fingerprint density at radius 1 is 0.900 bits per heavy atom. The van der Waals surface area contributed by atoms with Gasteiger partial charge in [-0.15, -0.1) is 5.10 Å². The number of benzene rings is 2. The average molecular weight is 573 g/mol. The molecular formula is C26H29N4O9P. The Morgan fingerprint density at radius 3 is 1.90 bits per heavy atom. The number of aromatic nitrogens is 3. The SMILES string of the molecule is CCOP(=O)(C[C@H]1O[C@@H](n2cnc(C(N)=O)n2)C(OC(=O)c2ccccc2)[C@@H]1OC(=O)c1ccccc1)OCC. The third-order valence-electron chi connectivity index (χ3n) is 5.84. The monoisotopic (exact) mass is 572 g/mol. The summed E-state index contributed by atoms with van der Waals surface area (Å²) in [6, 6.07) is 16.3. The predicted molar refractivity (Wildman–Crippen MR) is 139 cm³/mol. The maximum atomic E-state index is 13.5. The van der Waals surface area contributed by atoms with Gasteiger partial charge in [-0.1, -0.05) is 36.4 Å². The number of primary amides is 1. The molecule has 4 atom stereocenters. The Labute approximate surface area is 230 Å². The van der Waals surface area contributed by atoms with E-state index in [2.05, 4.69) is 10.1 Å². The smallest absolute Gasteiger partial charge is 0.338 e. The van der Waals surface area contributed by atoms with Gasteiger partial charge in [0.05, 0.1) is 30.5 Å². The first-order chi connectivity index (χ1) is 19.2. The fourth-order valence-corrected chi connectivity index (χ4v) is 5.94. The molecule has 1 fully saturated rings. The van der Waals surface area contributed by atoms with Gasteiger partial charge in [0, 0.05) is 0 Å². The molecule has 40 heavy (non-hydrogen) atoms. The lowest BCUT2D eigenvalue weighted by molar-refractivity contribution is -0.0545. The van der Waals surface area contributed by atoms with Crippen LogP contribution in [0.4, 0.5) is 0 Å². The molecule has 1 aromatic heterocycles. The molecule has 0 bridgehead atoms. The minimum atomic E-state index is -3.74. The minimum absolute atomic E-state index is 0.0827. The minimum Gasteiger partial charge on any atom is -0.452 e. The predicted octanol–water partition coefficient (Wildman–Crippen LogP) is 2.99. The molecule has 1 aliphatic rings. The third-order valence-corrected chi connectivity index (χ3v) is 7.95. The van der Waals surface area contributed by atoms with Gasteiger partial charge in [-0.3, -0.25) is 9.36 Å². The van der Waals surface area contributed by atoms with Gasteiger partial charge in [-0.25, -0.2) is 19.3 Å². The van der Waals surface area contributed by atoms with Crippen LogP contribution in [0.25, 0.3) is 0 Å². The van der Waals surface area contributed by atoms with Crippen LogP contribution in [0.1, 0.15) is 51.4 Å². The van der Waals surface area contributed by atoms with Gasteiger partial charge in [-0.05, 0) is 38.1 Å². The molecule has 13 nitrogen and oxygen atoms in total. The van der Waals surface area contributed by atoms with E-state index in [0.29, 0.717) is 0 Å². The molecule has 1 unspecified atom stereocenters.